The third-order valence-corrected chi connectivity index (χ3v) is 5.44. The maximum atomic E-state index is 12.5. The largest absolute Gasteiger partial charge is 0.462 e. The van der Waals surface area contributed by atoms with Crippen LogP contribution in [0.2, 0.25) is 5.02 Å². The van der Waals surface area contributed by atoms with Crippen molar-refractivity contribution in [2.24, 2.45) is 5.73 Å². The van der Waals surface area contributed by atoms with E-state index in [1.54, 1.807) is 19.9 Å². The predicted octanol–water partition coefficient (Wildman–Crippen LogP) is 2.40. The maximum absolute atomic E-state index is 12.5. The van der Waals surface area contributed by atoms with Crippen molar-refractivity contribution in [2.75, 3.05) is 30.8 Å². The molecule has 2 rings (SSSR count). The van der Waals surface area contributed by atoms with Gasteiger partial charge in [-0.1, -0.05) is 11.6 Å². The molecule has 1 heterocycles. The minimum Gasteiger partial charge on any atom is -0.462 e. The minimum atomic E-state index is -0.700. The van der Waals surface area contributed by atoms with Gasteiger partial charge in [-0.05, 0) is 37.6 Å². The van der Waals surface area contributed by atoms with Gasteiger partial charge in [-0.3, -0.25) is 14.4 Å². The molecule has 2 aromatic rings. The number of benzene rings is 1. The molecule has 5 N–H and O–H groups in total. The van der Waals surface area contributed by atoms with E-state index >= 15 is 0 Å². The van der Waals surface area contributed by atoms with E-state index in [9.17, 15) is 19.2 Å². The number of esters is 1. The highest BCUT2D eigenvalue weighted by Gasteiger charge is 2.26. The fourth-order valence-electron chi connectivity index (χ4n) is 2.60. The molecule has 0 spiro atoms. The van der Waals surface area contributed by atoms with E-state index in [1.807, 2.05) is 0 Å². The normalized spacial score (nSPS) is 10.3. The summed E-state index contributed by atoms with van der Waals surface area (Å²) in [5, 5.41) is 8.44. The molecular weight excluding hydrogens is 432 g/mol. The third kappa shape index (κ3) is 5.28. The number of nitrogens with one attached hydrogen (secondary N) is 3. The number of nitrogens with two attached hydrogens (primary N) is 1. The molecule has 0 unspecified atom stereocenters. The van der Waals surface area contributed by atoms with Crippen LogP contribution in [0.1, 0.15) is 42.9 Å². The standard InChI is InChI=1S/C19H21ClN4O5S/c1-4-29-19(28)14-9(2)15(17(27)22-3)30-18(14)24-13(25)8-23-12-6-5-10(20)7-11(12)16(21)26/h5-7,23H,4,8H2,1-3H3,(H2,21,26)(H,22,27)(H,24,25). The smallest absolute Gasteiger partial charge is 0.341 e. The van der Waals surface area contributed by atoms with Gasteiger partial charge in [0, 0.05) is 17.8 Å². The van der Waals surface area contributed by atoms with Crippen LogP contribution in [0.3, 0.4) is 0 Å². The van der Waals surface area contributed by atoms with Gasteiger partial charge in [0.15, 0.2) is 0 Å². The number of hydrogen-bond donors (Lipinski definition) is 4. The minimum absolute atomic E-state index is 0.123. The van der Waals surface area contributed by atoms with E-state index in [1.165, 1.54) is 19.2 Å². The Labute approximate surface area is 181 Å². The van der Waals surface area contributed by atoms with Gasteiger partial charge in [0.1, 0.15) is 5.00 Å². The van der Waals surface area contributed by atoms with Crippen LogP contribution in [0.25, 0.3) is 0 Å². The molecule has 0 fully saturated rings. The molecule has 0 aliphatic rings. The first kappa shape index (κ1) is 23.2. The molecular formula is C19H21ClN4O5S. The van der Waals surface area contributed by atoms with Gasteiger partial charge in [-0.2, -0.15) is 0 Å². The number of thiophene rings is 1. The summed E-state index contributed by atoms with van der Waals surface area (Å²) >= 11 is 6.84. The number of rotatable bonds is 8. The molecule has 30 heavy (non-hydrogen) atoms. The monoisotopic (exact) mass is 452 g/mol. The number of amides is 3. The van der Waals surface area contributed by atoms with Crippen molar-refractivity contribution >= 4 is 57.3 Å². The molecule has 0 saturated carbocycles. The van der Waals surface area contributed by atoms with Crippen molar-refractivity contribution in [1.82, 2.24) is 5.32 Å². The number of carbonyl (C=O) groups excluding carboxylic acids is 4. The van der Waals surface area contributed by atoms with Crippen molar-refractivity contribution in [3.63, 3.8) is 0 Å². The molecule has 3 amide bonds. The summed E-state index contributed by atoms with van der Waals surface area (Å²) in [6.07, 6.45) is 0. The Morgan fingerprint density at radius 3 is 2.53 bits per heavy atom. The number of primary amides is 1. The fraction of sp³-hybridized carbons (Fsp3) is 0.263. The van der Waals surface area contributed by atoms with Crippen LogP contribution < -0.4 is 21.7 Å². The quantitative estimate of drug-likeness (QED) is 0.453. The lowest BCUT2D eigenvalue weighted by Crippen LogP contribution is -2.24. The Morgan fingerprint density at radius 1 is 1.23 bits per heavy atom. The molecule has 0 atom stereocenters. The van der Waals surface area contributed by atoms with E-state index in [2.05, 4.69) is 16.0 Å². The van der Waals surface area contributed by atoms with E-state index in [4.69, 9.17) is 22.1 Å². The van der Waals surface area contributed by atoms with Crippen LogP contribution in [0.15, 0.2) is 18.2 Å². The van der Waals surface area contributed by atoms with Crippen LogP contribution in [0, 0.1) is 6.92 Å². The second-order valence-electron chi connectivity index (χ2n) is 6.02. The van der Waals surface area contributed by atoms with Gasteiger partial charge in [0.25, 0.3) is 11.8 Å². The lowest BCUT2D eigenvalue weighted by Gasteiger charge is -2.11. The second-order valence-corrected chi connectivity index (χ2v) is 7.47. The molecule has 11 heteroatoms. The third-order valence-electron chi connectivity index (χ3n) is 4.00. The topological polar surface area (TPSA) is 140 Å². The first-order valence-electron chi connectivity index (χ1n) is 8.85. The zero-order valence-corrected chi connectivity index (χ0v) is 18.1. The summed E-state index contributed by atoms with van der Waals surface area (Å²) in [5.41, 5.74) is 6.34. The molecule has 0 aliphatic carbocycles. The number of anilines is 2. The molecule has 0 bridgehead atoms. The zero-order valence-electron chi connectivity index (χ0n) is 16.6. The Bertz CT molecular complexity index is 1010. The Kier molecular flexibility index (Phi) is 7.79. The van der Waals surface area contributed by atoms with Crippen LogP contribution in [0.4, 0.5) is 10.7 Å². The van der Waals surface area contributed by atoms with E-state index < -0.39 is 17.8 Å². The van der Waals surface area contributed by atoms with E-state index in [0.29, 0.717) is 16.3 Å². The van der Waals surface area contributed by atoms with E-state index in [0.717, 1.165) is 11.3 Å². The lowest BCUT2D eigenvalue weighted by atomic mass is 10.1. The first-order chi connectivity index (χ1) is 14.2. The van der Waals surface area contributed by atoms with Crippen molar-refractivity contribution in [1.29, 1.82) is 0 Å². The summed E-state index contributed by atoms with van der Waals surface area (Å²) in [5.74, 6) is -2.22. The Balaban J connectivity index is 2.23. The van der Waals surface area contributed by atoms with Gasteiger partial charge in [-0.15, -0.1) is 11.3 Å². The predicted molar refractivity (Wildman–Crippen MR) is 115 cm³/mol. The van der Waals surface area contributed by atoms with E-state index in [-0.39, 0.29) is 40.1 Å². The Morgan fingerprint density at radius 2 is 1.93 bits per heavy atom. The van der Waals surface area contributed by atoms with Crippen LogP contribution in [-0.2, 0) is 9.53 Å². The van der Waals surface area contributed by atoms with Crippen molar-refractivity contribution in [3.05, 3.63) is 44.8 Å². The summed E-state index contributed by atoms with van der Waals surface area (Å²) in [6.45, 7) is 3.18. The van der Waals surface area contributed by atoms with Crippen molar-refractivity contribution in [2.45, 2.75) is 13.8 Å². The average molecular weight is 453 g/mol. The molecule has 0 radical (unpaired) electrons. The lowest BCUT2D eigenvalue weighted by molar-refractivity contribution is -0.114. The number of carbonyl (C=O) groups is 4. The summed E-state index contributed by atoms with van der Waals surface area (Å²) in [6, 6.07) is 4.46. The van der Waals surface area contributed by atoms with Crippen molar-refractivity contribution < 1.29 is 23.9 Å². The highest BCUT2D eigenvalue weighted by molar-refractivity contribution is 7.18. The SMILES string of the molecule is CCOC(=O)c1c(NC(=O)CNc2ccc(Cl)cc2C(N)=O)sc(C(=O)NC)c1C. The highest BCUT2D eigenvalue weighted by atomic mass is 35.5. The molecule has 1 aromatic carbocycles. The van der Waals surface area contributed by atoms with Gasteiger partial charge < -0.3 is 26.4 Å². The second kappa shape index (κ2) is 10.1. The van der Waals surface area contributed by atoms with Gasteiger partial charge in [-0.25, -0.2) is 4.79 Å². The van der Waals surface area contributed by atoms with Gasteiger partial charge in [0.05, 0.1) is 29.2 Å². The molecule has 9 nitrogen and oxygen atoms in total. The summed E-state index contributed by atoms with van der Waals surface area (Å²) in [7, 11) is 1.47. The van der Waals surface area contributed by atoms with Crippen molar-refractivity contribution in [3.8, 4) is 0 Å². The van der Waals surface area contributed by atoms with Crippen LogP contribution in [0.5, 0.6) is 0 Å². The molecule has 0 aliphatic heterocycles. The van der Waals surface area contributed by atoms with Crippen LogP contribution in [-0.4, -0.2) is 43.9 Å². The number of ether oxygens (including phenoxy) is 1. The summed E-state index contributed by atoms with van der Waals surface area (Å²) in [4.78, 5) is 48.7. The van der Waals surface area contributed by atoms with Gasteiger partial charge in [0.2, 0.25) is 5.91 Å². The number of halogens is 1. The van der Waals surface area contributed by atoms with Gasteiger partial charge >= 0.3 is 5.97 Å². The zero-order chi connectivity index (χ0) is 22.4. The fourth-order valence-corrected chi connectivity index (χ4v) is 3.93. The Hall–Kier alpha value is -3.11. The number of hydrogen-bond acceptors (Lipinski definition) is 7. The summed E-state index contributed by atoms with van der Waals surface area (Å²) < 4.78 is 5.05. The van der Waals surface area contributed by atoms with Crippen LogP contribution >= 0.6 is 22.9 Å². The first-order valence-corrected chi connectivity index (χ1v) is 10.0. The average Bonchev–Trinajstić information content (AvgIpc) is 3.02. The molecule has 160 valence electrons. The highest BCUT2D eigenvalue weighted by Crippen LogP contribution is 2.33. The molecule has 1 aromatic heterocycles. The molecule has 0 saturated heterocycles. The maximum Gasteiger partial charge on any atom is 0.341 e.